The predicted molar refractivity (Wildman–Crippen MR) is 106 cm³/mol. The molecule has 4 N–H and O–H groups in total. The van der Waals surface area contributed by atoms with E-state index in [0.29, 0.717) is 26.3 Å². The second kappa shape index (κ2) is 8.02. The molecule has 0 aliphatic carbocycles. The number of amides is 2. The third kappa shape index (κ3) is 4.24. The summed E-state index contributed by atoms with van der Waals surface area (Å²) in [5.41, 5.74) is 4.88. The normalized spacial score (nSPS) is 18.9. The fraction of sp³-hybridized carbons (Fsp3) is 0.368. The second-order valence-corrected chi connectivity index (χ2v) is 7.11. The summed E-state index contributed by atoms with van der Waals surface area (Å²) in [6.07, 6.45) is -4.95. The number of aromatic nitrogens is 2. The van der Waals surface area contributed by atoms with Gasteiger partial charge in [0.15, 0.2) is 0 Å². The Hall–Kier alpha value is -3.41. The molecule has 1 atom stereocenters. The number of alkyl halides is 3. The zero-order valence-corrected chi connectivity index (χ0v) is 16.2. The number of rotatable bonds is 3. The van der Waals surface area contributed by atoms with Gasteiger partial charge in [-0.05, 0) is 12.1 Å². The van der Waals surface area contributed by atoms with Crippen molar-refractivity contribution in [1.82, 2.24) is 9.97 Å². The molecule has 0 bridgehead atoms. The number of nitrogens with two attached hydrogens (primary N) is 1. The van der Waals surface area contributed by atoms with E-state index in [1.165, 1.54) is 12.1 Å². The number of nitrogen functional groups attached to an aromatic ring is 1. The lowest BCUT2D eigenvalue weighted by molar-refractivity contribution is -0.137. The lowest BCUT2D eigenvalue weighted by Crippen LogP contribution is -2.38. The zero-order valence-electron chi connectivity index (χ0n) is 16.2. The zero-order chi connectivity index (χ0) is 22.2. The number of carbonyl (C=O) groups is 2. The molecule has 4 rings (SSSR count). The van der Waals surface area contributed by atoms with E-state index in [2.05, 4.69) is 20.6 Å². The molecule has 1 fully saturated rings. The quantitative estimate of drug-likeness (QED) is 0.672. The Morgan fingerprint density at radius 3 is 2.65 bits per heavy atom. The number of anilines is 4. The highest BCUT2D eigenvalue weighted by atomic mass is 19.4. The Balaban J connectivity index is 1.65. The number of nitrogens with one attached hydrogen (secondary N) is 2. The minimum Gasteiger partial charge on any atom is -0.383 e. The molecule has 2 amide bonds. The van der Waals surface area contributed by atoms with Gasteiger partial charge in [0.1, 0.15) is 11.6 Å². The first-order valence-electron chi connectivity index (χ1n) is 9.51. The van der Waals surface area contributed by atoms with Gasteiger partial charge in [-0.2, -0.15) is 23.1 Å². The first kappa shape index (κ1) is 20.8. The van der Waals surface area contributed by atoms with Gasteiger partial charge in [-0.15, -0.1) is 0 Å². The van der Waals surface area contributed by atoms with Gasteiger partial charge in [-0.1, -0.05) is 12.1 Å². The van der Waals surface area contributed by atoms with Crippen LogP contribution in [0.15, 0.2) is 24.3 Å². The molecule has 9 nitrogen and oxygen atoms in total. The number of fused-ring (bicyclic) bond motifs is 1. The molecule has 1 saturated heterocycles. The monoisotopic (exact) mass is 436 g/mol. The highest BCUT2D eigenvalue weighted by molar-refractivity contribution is 6.05. The number of carbonyl (C=O) groups excluding carboxylic acids is 2. The molecule has 2 aromatic rings. The maximum Gasteiger partial charge on any atom is 0.418 e. The smallest absolute Gasteiger partial charge is 0.383 e. The maximum atomic E-state index is 13.3. The number of hydrogen-bond acceptors (Lipinski definition) is 7. The first-order valence-corrected chi connectivity index (χ1v) is 9.51. The molecule has 2 aliphatic heterocycles. The summed E-state index contributed by atoms with van der Waals surface area (Å²) in [5.74, 6) is -2.10. The van der Waals surface area contributed by atoms with Crippen LogP contribution >= 0.6 is 0 Å². The van der Waals surface area contributed by atoms with Crippen LogP contribution in [0.3, 0.4) is 0 Å². The Morgan fingerprint density at radius 2 is 1.94 bits per heavy atom. The van der Waals surface area contributed by atoms with Gasteiger partial charge in [-0.3, -0.25) is 9.59 Å². The van der Waals surface area contributed by atoms with Crippen LogP contribution in [0.4, 0.5) is 36.4 Å². The number of morpholine rings is 1. The van der Waals surface area contributed by atoms with Crippen LogP contribution in [0, 0.1) is 0 Å². The van der Waals surface area contributed by atoms with Crippen LogP contribution in [0.1, 0.15) is 23.5 Å². The van der Waals surface area contributed by atoms with Crippen molar-refractivity contribution in [2.75, 3.05) is 47.6 Å². The Bertz CT molecular complexity index is 1020. The minimum atomic E-state index is -4.65. The van der Waals surface area contributed by atoms with Crippen molar-refractivity contribution in [2.24, 2.45) is 0 Å². The predicted octanol–water partition coefficient (Wildman–Crippen LogP) is 1.98. The SMILES string of the molecule is Nc1nc(N2CCOCC2)nc2c1[C@@H](C(=O)Nc1ccccc1C(F)(F)F)CC(=O)N2. The van der Waals surface area contributed by atoms with E-state index in [4.69, 9.17) is 10.5 Å². The average Bonchev–Trinajstić information content (AvgIpc) is 2.73. The fourth-order valence-corrected chi connectivity index (χ4v) is 3.57. The van der Waals surface area contributed by atoms with E-state index in [0.717, 1.165) is 12.1 Å². The Labute approximate surface area is 174 Å². The van der Waals surface area contributed by atoms with E-state index in [9.17, 15) is 22.8 Å². The highest BCUT2D eigenvalue weighted by Gasteiger charge is 2.37. The molecule has 164 valence electrons. The third-order valence-corrected chi connectivity index (χ3v) is 5.06. The van der Waals surface area contributed by atoms with Gasteiger partial charge in [0, 0.05) is 19.5 Å². The van der Waals surface area contributed by atoms with E-state index in [1.807, 2.05) is 4.90 Å². The van der Waals surface area contributed by atoms with Crippen LogP contribution in [-0.2, 0) is 20.5 Å². The van der Waals surface area contributed by atoms with Gasteiger partial charge < -0.3 is 26.0 Å². The molecule has 3 heterocycles. The fourth-order valence-electron chi connectivity index (χ4n) is 3.57. The van der Waals surface area contributed by atoms with Gasteiger partial charge in [0.05, 0.1) is 35.9 Å². The van der Waals surface area contributed by atoms with Gasteiger partial charge in [0.25, 0.3) is 0 Å². The van der Waals surface area contributed by atoms with Crippen molar-refractivity contribution in [2.45, 2.75) is 18.5 Å². The number of benzene rings is 1. The van der Waals surface area contributed by atoms with E-state index >= 15 is 0 Å². The summed E-state index contributed by atoms with van der Waals surface area (Å²) >= 11 is 0. The van der Waals surface area contributed by atoms with Crippen LogP contribution < -0.4 is 21.3 Å². The van der Waals surface area contributed by atoms with Crippen molar-refractivity contribution >= 4 is 35.1 Å². The molecule has 0 radical (unpaired) electrons. The number of nitrogens with zero attached hydrogens (tertiary/aromatic N) is 3. The van der Waals surface area contributed by atoms with E-state index < -0.39 is 35.2 Å². The lowest BCUT2D eigenvalue weighted by atomic mass is 9.91. The van der Waals surface area contributed by atoms with Crippen molar-refractivity contribution in [3.8, 4) is 0 Å². The summed E-state index contributed by atoms with van der Waals surface area (Å²) in [7, 11) is 0. The van der Waals surface area contributed by atoms with Crippen LogP contribution in [0.5, 0.6) is 0 Å². The minimum absolute atomic E-state index is 0.0178. The molecular weight excluding hydrogens is 417 g/mol. The van der Waals surface area contributed by atoms with Crippen LogP contribution in [0.25, 0.3) is 0 Å². The summed E-state index contributed by atoms with van der Waals surface area (Å²) < 4.78 is 45.1. The Kier molecular flexibility index (Phi) is 5.39. The summed E-state index contributed by atoms with van der Waals surface area (Å²) in [6, 6.07) is 4.61. The van der Waals surface area contributed by atoms with E-state index in [-0.39, 0.29) is 29.6 Å². The summed E-state index contributed by atoms with van der Waals surface area (Å²) in [5, 5.41) is 4.85. The van der Waals surface area contributed by atoms with Crippen LogP contribution in [0.2, 0.25) is 0 Å². The van der Waals surface area contributed by atoms with Crippen LogP contribution in [-0.4, -0.2) is 48.1 Å². The van der Waals surface area contributed by atoms with Crippen molar-refractivity contribution < 1.29 is 27.5 Å². The molecule has 1 aromatic heterocycles. The Morgan fingerprint density at radius 1 is 1.23 bits per heavy atom. The number of hydrogen-bond donors (Lipinski definition) is 3. The first-order chi connectivity index (χ1) is 14.7. The third-order valence-electron chi connectivity index (χ3n) is 5.06. The van der Waals surface area contributed by atoms with Gasteiger partial charge in [-0.25, -0.2) is 0 Å². The average molecular weight is 436 g/mol. The molecule has 0 spiro atoms. The summed E-state index contributed by atoms with van der Waals surface area (Å²) in [6.45, 7) is 2.03. The molecule has 2 aliphatic rings. The van der Waals surface area contributed by atoms with Gasteiger partial charge >= 0.3 is 6.18 Å². The highest BCUT2D eigenvalue weighted by Crippen LogP contribution is 2.38. The van der Waals surface area contributed by atoms with Gasteiger partial charge in [0.2, 0.25) is 17.8 Å². The maximum absolute atomic E-state index is 13.3. The summed E-state index contributed by atoms with van der Waals surface area (Å²) in [4.78, 5) is 35.5. The molecule has 1 aromatic carbocycles. The molecular formula is C19H19F3N6O3. The molecule has 0 saturated carbocycles. The standard InChI is InChI=1S/C19H19F3N6O3/c20-19(21,22)11-3-1-2-4-12(11)24-17(30)10-9-13(29)25-16-14(10)15(23)26-18(27-16)28-5-7-31-8-6-28/h1-4,10H,5-9H2,(H,24,30)(H3,23,25,26,27,29)/t10-/m0/s1. The molecule has 31 heavy (non-hydrogen) atoms. The van der Waals surface area contributed by atoms with Crippen molar-refractivity contribution in [3.05, 3.63) is 35.4 Å². The second-order valence-electron chi connectivity index (χ2n) is 7.11. The number of ether oxygens (including phenoxy) is 1. The van der Waals surface area contributed by atoms with E-state index in [1.54, 1.807) is 0 Å². The number of para-hydroxylation sites is 1. The molecule has 0 unspecified atom stereocenters. The largest absolute Gasteiger partial charge is 0.418 e. The topological polar surface area (TPSA) is 122 Å². The van der Waals surface area contributed by atoms with Crippen molar-refractivity contribution in [3.63, 3.8) is 0 Å². The van der Waals surface area contributed by atoms with Crippen molar-refractivity contribution in [1.29, 1.82) is 0 Å². The number of halogens is 3. The molecule has 12 heteroatoms. The lowest BCUT2D eigenvalue weighted by Gasteiger charge is -2.30.